The summed E-state index contributed by atoms with van der Waals surface area (Å²) >= 11 is 1.51. The van der Waals surface area contributed by atoms with Gasteiger partial charge in [0.25, 0.3) is 0 Å². The number of thiophene rings is 1. The fraction of sp³-hybridized carbons (Fsp3) is 0.429. The zero-order valence-electron chi connectivity index (χ0n) is 32.0. The van der Waals surface area contributed by atoms with E-state index in [1.807, 2.05) is 97.9 Å². The molecule has 0 saturated heterocycles. The molecule has 1 aromatic rings. The third-order valence-electron chi connectivity index (χ3n) is 8.27. The average molecular weight is 679 g/mol. The summed E-state index contributed by atoms with van der Waals surface area (Å²) in [6.07, 6.45) is 11.3. The summed E-state index contributed by atoms with van der Waals surface area (Å²) in [6.45, 7) is 36.2. The molecule has 0 aromatic carbocycles. The van der Waals surface area contributed by atoms with Crippen molar-refractivity contribution in [3.8, 4) is 0 Å². The van der Waals surface area contributed by atoms with Gasteiger partial charge in [0.2, 0.25) is 0 Å². The van der Waals surface area contributed by atoms with E-state index in [2.05, 4.69) is 64.9 Å². The van der Waals surface area contributed by atoms with E-state index in [9.17, 15) is 9.59 Å². The third kappa shape index (κ3) is 9.33. The van der Waals surface area contributed by atoms with Gasteiger partial charge in [-0.05, 0) is 78.0 Å². The highest BCUT2D eigenvalue weighted by Gasteiger charge is 2.36. The van der Waals surface area contributed by atoms with Crippen LogP contribution in [0.4, 0.5) is 0 Å². The van der Waals surface area contributed by atoms with Gasteiger partial charge in [-0.25, -0.2) is 0 Å². The number of hydrogen-bond acceptors (Lipinski definition) is 7. The first-order valence-corrected chi connectivity index (χ1v) is 17.6. The van der Waals surface area contributed by atoms with Crippen molar-refractivity contribution in [2.45, 2.75) is 96.9 Å². The largest absolute Gasteiger partial charge is 0.289 e. The van der Waals surface area contributed by atoms with Crippen LogP contribution in [0, 0.1) is 21.7 Å². The van der Waals surface area contributed by atoms with E-state index in [0.717, 1.165) is 37.7 Å². The van der Waals surface area contributed by atoms with E-state index in [0.29, 0.717) is 28.2 Å². The molecule has 0 N–H and O–H groups in total. The van der Waals surface area contributed by atoms with Gasteiger partial charge in [-0.3, -0.25) is 9.59 Å². The third-order valence-corrected chi connectivity index (χ3v) is 9.37. The number of carbonyl (C=O) groups excluding carboxylic acids is 2. The van der Waals surface area contributed by atoms with Gasteiger partial charge in [0, 0.05) is 33.4 Å². The standard InChI is InChI=1S/C42H54N4O2S/c1-17-25(3)43-45-35(27-21-29(39(5,6)7)37(47)30(22-27)40(8,9)10)33-19-20-34(49-33)36(46-44-26(4)18-2)28-23-31(41(11,12)13)38(48)32(24-28)42(14,15)16/h17-24H,1,3H2,2,4-16H3/b26-18+,45-43?,46-44?. The molecule has 7 heteroatoms. The van der Waals surface area contributed by atoms with Gasteiger partial charge in [0.05, 0.1) is 21.1 Å². The highest BCUT2D eigenvalue weighted by molar-refractivity contribution is 7.14. The van der Waals surface area contributed by atoms with Crippen LogP contribution in [0.3, 0.4) is 0 Å². The smallest absolute Gasteiger partial charge is 0.186 e. The number of carbonyl (C=O) groups is 2. The van der Waals surface area contributed by atoms with Crippen LogP contribution in [0.25, 0.3) is 11.4 Å². The molecule has 2 aliphatic rings. The minimum absolute atomic E-state index is 0.0453. The van der Waals surface area contributed by atoms with Crippen LogP contribution in [0.15, 0.2) is 127 Å². The lowest BCUT2D eigenvalue weighted by Crippen LogP contribution is -2.28. The summed E-state index contributed by atoms with van der Waals surface area (Å²) < 4.78 is 0. The van der Waals surface area contributed by atoms with Crippen molar-refractivity contribution in [3.63, 3.8) is 0 Å². The Morgan fingerprint density at radius 1 is 0.612 bits per heavy atom. The van der Waals surface area contributed by atoms with E-state index >= 15 is 0 Å². The van der Waals surface area contributed by atoms with E-state index in [4.69, 9.17) is 10.2 Å². The molecule has 0 spiro atoms. The Hall–Kier alpha value is -4.10. The lowest BCUT2D eigenvalue weighted by atomic mass is 9.71. The average Bonchev–Trinajstić information content (AvgIpc) is 3.45. The molecular weight excluding hydrogens is 625 g/mol. The summed E-state index contributed by atoms with van der Waals surface area (Å²) in [5.41, 5.74) is 5.40. The Balaban J connectivity index is 2.48. The second-order valence-electron chi connectivity index (χ2n) is 16.7. The van der Waals surface area contributed by atoms with Gasteiger partial charge in [-0.2, -0.15) is 10.2 Å². The first-order valence-electron chi connectivity index (χ1n) is 16.7. The fourth-order valence-corrected chi connectivity index (χ4v) is 6.21. The van der Waals surface area contributed by atoms with Crippen LogP contribution < -0.4 is 0 Å². The lowest BCUT2D eigenvalue weighted by Gasteiger charge is -2.31. The minimum Gasteiger partial charge on any atom is -0.289 e. The van der Waals surface area contributed by atoms with Gasteiger partial charge < -0.3 is 0 Å². The molecule has 0 atom stereocenters. The van der Waals surface area contributed by atoms with Gasteiger partial charge in [-0.1, -0.05) is 102 Å². The highest BCUT2D eigenvalue weighted by atomic mass is 32.1. The summed E-state index contributed by atoms with van der Waals surface area (Å²) in [6, 6.07) is 4.01. The summed E-state index contributed by atoms with van der Waals surface area (Å²) in [5.74, 6) is 0.102. The Morgan fingerprint density at radius 2 is 0.939 bits per heavy atom. The SMILES string of the molecule is C=CC(=C)N=NC(=C1C=C(C(C)(C)C)C(=O)C(C(C)(C)C)=C1)c1ccc(C(N=N/C(C)=C/C)=C2C=C(C(C)(C)C)C(=O)C(C(C)(C)C)=C2)s1. The highest BCUT2D eigenvalue weighted by Crippen LogP contribution is 2.44. The second-order valence-corrected chi connectivity index (χ2v) is 17.8. The number of nitrogens with zero attached hydrogens (tertiary/aromatic N) is 4. The first kappa shape index (κ1) is 39.3. The summed E-state index contributed by atoms with van der Waals surface area (Å²) in [5, 5.41) is 18.4. The molecule has 49 heavy (non-hydrogen) atoms. The van der Waals surface area contributed by atoms with Crippen LogP contribution >= 0.6 is 11.3 Å². The Bertz CT molecular complexity index is 1660. The normalized spacial score (nSPS) is 17.0. The number of rotatable bonds is 7. The van der Waals surface area contributed by atoms with Crippen molar-refractivity contribution in [2.24, 2.45) is 42.1 Å². The molecule has 0 radical (unpaired) electrons. The molecular formula is C42H54N4O2S. The maximum absolute atomic E-state index is 13.8. The molecule has 3 rings (SSSR count). The van der Waals surface area contributed by atoms with Crippen molar-refractivity contribution in [2.75, 3.05) is 0 Å². The van der Waals surface area contributed by atoms with E-state index in [1.54, 1.807) is 6.08 Å². The Labute approximate surface area is 298 Å². The number of ketones is 2. The van der Waals surface area contributed by atoms with Crippen LogP contribution in [0.1, 0.15) is 107 Å². The molecule has 0 unspecified atom stereocenters. The van der Waals surface area contributed by atoms with Crippen molar-refractivity contribution in [1.29, 1.82) is 0 Å². The minimum atomic E-state index is -0.393. The van der Waals surface area contributed by atoms with Crippen LogP contribution in [-0.2, 0) is 9.59 Å². The van der Waals surface area contributed by atoms with Gasteiger partial charge >= 0.3 is 0 Å². The summed E-state index contributed by atoms with van der Waals surface area (Å²) in [4.78, 5) is 29.2. The predicted molar refractivity (Wildman–Crippen MR) is 207 cm³/mol. The molecule has 260 valence electrons. The van der Waals surface area contributed by atoms with Crippen molar-refractivity contribution >= 4 is 34.3 Å². The molecule has 0 aliphatic heterocycles. The van der Waals surface area contributed by atoms with E-state index in [-0.39, 0.29) is 22.4 Å². The molecule has 6 nitrogen and oxygen atoms in total. The monoisotopic (exact) mass is 678 g/mol. The van der Waals surface area contributed by atoms with Crippen molar-refractivity contribution in [3.05, 3.63) is 116 Å². The molecule has 0 saturated carbocycles. The van der Waals surface area contributed by atoms with Gasteiger partial charge in [0.1, 0.15) is 11.4 Å². The first-order chi connectivity index (χ1) is 22.4. The molecule has 0 bridgehead atoms. The van der Waals surface area contributed by atoms with Crippen LogP contribution in [-0.4, -0.2) is 11.6 Å². The van der Waals surface area contributed by atoms with Crippen molar-refractivity contribution in [1.82, 2.24) is 0 Å². The van der Waals surface area contributed by atoms with E-state index in [1.165, 1.54) is 11.3 Å². The van der Waals surface area contributed by atoms with Crippen LogP contribution in [0.5, 0.6) is 0 Å². The molecule has 2 aliphatic carbocycles. The van der Waals surface area contributed by atoms with Crippen LogP contribution in [0.2, 0.25) is 0 Å². The number of hydrogen-bond donors (Lipinski definition) is 0. The predicted octanol–water partition coefficient (Wildman–Crippen LogP) is 12.8. The summed E-state index contributed by atoms with van der Waals surface area (Å²) in [7, 11) is 0. The molecule has 1 aromatic heterocycles. The van der Waals surface area contributed by atoms with Gasteiger partial charge in [0.15, 0.2) is 11.6 Å². The molecule has 1 heterocycles. The maximum atomic E-state index is 13.8. The Kier molecular flexibility index (Phi) is 11.6. The molecule has 0 amide bonds. The second kappa shape index (κ2) is 14.4. The fourth-order valence-electron chi connectivity index (χ4n) is 5.19. The van der Waals surface area contributed by atoms with Crippen molar-refractivity contribution < 1.29 is 9.59 Å². The lowest BCUT2D eigenvalue weighted by molar-refractivity contribution is -0.114. The quantitative estimate of drug-likeness (QED) is 0.212. The van der Waals surface area contributed by atoms with E-state index < -0.39 is 10.8 Å². The zero-order chi connectivity index (χ0) is 37.3. The molecule has 0 fully saturated rings. The number of Topliss-reactive ketones (excluding diaryl/α,β-unsaturated/α-hetero) is 2. The Morgan fingerprint density at radius 3 is 1.22 bits per heavy atom. The topological polar surface area (TPSA) is 83.6 Å². The number of allylic oxidation sites excluding steroid dienone is 13. The number of azo groups is 2. The zero-order valence-corrected chi connectivity index (χ0v) is 32.9. The maximum Gasteiger partial charge on any atom is 0.186 e. The van der Waals surface area contributed by atoms with Gasteiger partial charge in [-0.15, -0.1) is 21.6 Å².